The molecule has 0 bridgehead atoms. The van der Waals surface area contributed by atoms with Crippen LogP contribution in [-0.2, 0) is 4.79 Å². The Bertz CT molecular complexity index is 1010. The molecule has 3 rings (SSSR count). The average molecular weight is 478 g/mol. The third kappa shape index (κ3) is 4.72. The molecule has 170 valence electrons. The summed E-state index contributed by atoms with van der Waals surface area (Å²) in [6.07, 6.45) is 3.57. The van der Waals surface area contributed by atoms with Gasteiger partial charge in [-0.15, -0.1) is 0 Å². The van der Waals surface area contributed by atoms with Crippen molar-refractivity contribution < 1.29 is 23.7 Å². The van der Waals surface area contributed by atoms with Crippen LogP contribution in [0, 0.1) is 0 Å². The van der Waals surface area contributed by atoms with Gasteiger partial charge in [-0.1, -0.05) is 23.2 Å². The second kappa shape index (κ2) is 10.3. The van der Waals surface area contributed by atoms with Gasteiger partial charge in [0, 0.05) is 24.2 Å². The average Bonchev–Trinajstić information content (AvgIpc) is 2.78. The van der Waals surface area contributed by atoms with Crippen molar-refractivity contribution in [3.63, 3.8) is 0 Å². The highest BCUT2D eigenvalue weighted by Gasteiger charge is 2.25. The molecule has 0 aromatic heterocycles. The lowest BCUT2D eigenvalue weighted by Gasteiger charge is -2.26. The number of halogens is 2. The number of rotatable bonds is 6. The van der Waals surface area contributed by atoms with Crippen LogP contribution in [0.4, 0.5) is 0 Å². The molecular formula is C24H25Cl2NO5. The first-order valence-electron chi connectivity index (χ1n) is 9.79. The van der Waals surface area contributed by atoms with E-state index in [1.54, 1.807) is 50.6 Å². The van der Waals surface area contributed by atoms with Crippen molar-refractivity contribution in [1.82, 2.24) is 4.90 Å². The summed E-state index contributed by atoms with van der Waals surface area (Å²) in [5, 5.41) is 0.766. The van der Waals surface area contributed by atoms with Crippen molar-refractivity contribution in [3.8, 4) is 23.0 Å². The number of likely N-dealkylation sites (tertiary alicyclic amines) is 1. The number of carbonyl (C=O) groups excluding carboxylic acids is 1. The van der Waals surface area contributed by atoms with Crippen molar-refractivity contribution in [3.05, 3.63) is 56.6 Å². The van der Waals surface area contributed by atoms with Gasteiger partial charge in [-0.25, -0.2) is 0 Å². The van der Waals surface area contributed by atoms with Gasteiger partial charge in [0.05, 0.1) is 38.5 Å². The molecule has 1 heterocycles. The second-order valence-electron chi connectivity index (χ2n) is 7.25. The molecule has 32 heavy (non-hydrogen) atoms. The van der Waals surface area contributed by atoms with Crippen LogP contribution in [0.5, 0.6) is 23.0 Å². The van der Waals surface area contributed by atoms with Crippen LogP contribution in [0.1, 0.15) is 11.1 Å². The van der Waals surface area contributed by atoms with E-state index in [1.807, 2.05) is 11.9 Å². The first kappa shape index (κ1) is 24.0. The van der Waals surface area contributed by atoms with Gasteiger partial charge in [-0.2, -0.15) is 0 Å². The van der Waals surface area contributed by atoms with Crippen LogP contribution in [0.2, 0.25) is 10.0 Å². The lowest BCUT2D eigenvalue weighted by Crippen LogP contribution is -2.34. The number of benzene rings is 2. The zero-order valence-electron chi connectivity index (χ0n) is 18.6. The maximum atomic E-state index is 13.3. The van der Waals surface area contributed by atoms with E-state index in [-0.39, 0.29) is 5.78 Å². The van der Waals surface area contributed by atoms with Crippen molar-refractivity contribution >= 4 is 41.1 Å². The van der Waals surface area contributed by atoms with Crippen molar-refractivity contribution in [2.75, 3.05) is 48.6 Å². The summed E-state index contributed by atoms with van der Waals surface area (Å²) < 4.78 is 21.3. The van der Waals surface area contributed by atoms with E-state index in [9.17, 15) is 4.79 Å². The minimum Gasteiger partial charge on any atom is -0.493 e. The van der Waals surface area contributed by atoms with Gasteiger partial charge in [-0.05, 0) is 54.6 Å². The highest BCUT2D eigenvalue weighted by molar-refractivity contribution is 6.34. The number of ketones is 1. The van der Waals surface area contributed by atoms with Crippen LogP contribution in [0.25, 0.3) is 12.2 Å². The van der Waals surface area contributed by atoms with E-state index in [4.69, 9.17) is 42.1 Å². The Morgan fingerprint density at radius 3 is 1.50 bits per heavy atom. The van der Waals surface area contributed by atoms with Gasteiger partial charge in [0.15, 0.2) is 28.8 Å². The number of likely N-dealkylation sites (N-methyl/N-ethyl adjacent to an activating group) is 1. The molecule has 0 atom stereocenters. The molecule has 1 aliphatic heterocycles. The first-order valence-corrected chi connectivity index (χ1v) is 10.6. The summed E-state index contributed by atoms with van der Waals surface area (Å²) in [7, 11) is 8.08. The molecule has 1 aliphatic rings. The Hall–Kier alpha value is -2.67. The fraction of sp³-hybridized carbons (Fsp3) is 0.292. The molecule has 0 unspecified atom stereocenters. The Labute approximate surface area is 197 Å². The molecule has 0 radical (unpaired) electrons. The minimum absolute atomic E-state index is 0.0696. The molecule has 2 aromatic rings. The summed E-state index contributed by atoms with van der Waals surface area (Å²) in [6.45, 7) is 0.973. The molecular weight excluding hydrogens is 453 g/mol. The maximum Gasteiger partial charge on any atom is 0.187 e. The lowest BCUT2D eigenvalue weighted by molar-refractivity contribution is -0.113. The number of nitrogens with zero attached hydrogens (tertiary/aromatic N) is 1. The van der Waals surface area contributed by atoms with Gasteiger partial charge in [0.1, 0.15) is 0 Å². The van der Waals surface area contributed by atoms with Crippen LogP contribution in [-0.4, -0.2) is 59.3 Å². The predicted molar refractivity (Wildman–Crippen MR) is 128 cm³/mol. The molecule has 0 amide bonds. The molecule has 0 aliphatic carbocycles. The fourth-order valence-corrected chi connectivity index (χ4v) is 4.19. The van der Waals surface area contributed by atoms with Crippen molar-refractivity contribution in [2.45, 2.75) is 0 Å². The third-order valence-electron chi connectivity index (χ3n) is 5.15. The van der Waals surface area contributed by atoms with Gasteiger partial charge in [0.2, 0.25) is 0 Å². The monoisotopic (exact) mass is 477 g/mol. The van der Waals surface area contributed by atoms with Crippen LogP contribution < -0.4 is 18.9 Å². The quantitative estimate of drug-likeness (QED) is 0.545. The largest absolute Gasteiger partial charge is 0.493 e. The summed E-state index contributed by atoms with van der Waals surface area (Å²) in [4.78, 5) is 15.3. The van der Waals surface area contributed by atoms with Gasteiger partial charge >= 0.3 is 0 Å². The van der Waals surface area contributed by atoms with Crippen molar-refractivity contribution in [2.24, 2.45) is 0 Å². The third-order valence-corrected chi connectivity index (χ3v) is 5.93. The van der Waals surface area contributed by atoms with E-state index >= 15 is 0 Å². The number of Topliss-reactive ketones (excluding diaryl/α,β-unsaturated/α-hetero) is 1. The van der Waals surface area contributed by atoms with Gasteiger partial charge in [0.25, 0.3) is 0 Å². The Balaban J connectivity index is 2.02. The van der Waals surface area contributed by atoms with Crippen LogP contribution in [0.3, 0.4) is 0 Å². The summed E-state index contributed by atoms with van der Waals surface area (Å²) in [5.41, 5.74) is 2.56. The van der Waals surface area contributed by atoms with Crippen molar-refractivity contribution in [1.29, 1.82) is 0 Å². The van der Waals surface area contributed by atoms with E-state index in [1.165, 1.54) is 14.2 Å². The molecule has 6 nitrogen and oxygen atoms in total. The van der Waals surface area contributed by atoms with E-state index in [0.29, 0.717) is 68.4 Å². The van der Waals surface area contributed by atoms with Gasteiger partial charge in [-0.3, -0.25) is 9.69 Å². The highest BCUT2D eigenvalue weighted by Crippen LogP contribution is 2.40. The zero-order chi connectivity index (χ0) is 23.4. The first-order chi connectivity index (χ1) is 15.3. The molecule has 0 spiro atoms. The number of hydrogen-bond acceptors (Lipinski definition) is 6. The number of methoxy groups -OCH3 is 4. The number of ether oxygens (including phenoxy) is 4. The SMILES string of the molecule is COc1ccc(/C=C2\CN(C)C/C(=C\c3ccc(OC)c(OC)c3Cl)C2=O)c(Cl)c1OC. The highest BCUT2D eigenvalue weighted by atomic mass is 35.5. The number of piperidine rings is 1. The minimum atomic E-state index is -0.0696. The van der Waals surface area contributed by atoms with Gasteiger partial charge < -0.3 is 18.9 Å². The number of hydrogen-bond donors (Lipinski definition) is 0. The molecule has 1 saturated heterocycles. The Kier molecular flexibility index (Phi) is 7.72. The van der Waals surface area contributed by atoms with E-state index in [0.717, 1.165) is 0 Å². The van der Waals surface area contributed by atoms with E-state index in [2.05, 4.69) is 0 Å². The molecule has 0 N–H and O–H groups in total. The zero-order valence-corrected chi connectivity index (χ0v) is 20.1. The summed E-state index contributed by atoms with van der Waals surface area (Å²) in [6, 6.07) is 7.11. The maximum absolute atomic E-state index is 13.3. The topological polar surface area (TPSA) is 57.2 Å². The number of carbonyl (C=O) groups is 1. The standard InChI is InChI=1S/C24H25Cl2NO5/c1-27-12-16(10-14-6-8-18(29-2)23(31-4)20(14)25)22(28)17(13-27)11-15-7-9-19(30-3)24(32-5)21(15)26/h6-11H,12-13H2,1-5H3/b16-10+,17-11+. The smallest absolute Gasteiger partial charge is 0.187 e. The van der Waals surface area contributed by atoms with Crippen LogP contribution >= 0.6 is 23.2 Å². The molecule has 2 aromatic carbocycles. The summed E-state index contributed by atoms with van der Waals surface area (Å²) in [5.74, 6) is 1.83. The molecule has 8 heteroatoms. The Morgan fingerprint density at radius 1 is 0.750 bits per heavy atom. The second-order valence-corrected chi connectivity index (χ2v) is 8.01. The molecule has 0 saturated carbocycles. The molecule has 1 fully saturated rings. The van der Waals surface area contributed by atoms with Crippen LogP contribution in [0.15, 0.2) is 35.4 Å². The van der Waals surface area contributed by atoms with E-state index < -0.39 is 0 Å². The summed E-state index contributed by atoms with van der Waals surface area (Å²) >= 11 is 13.0. The fourth-order valence-electron chi connectivity index (χ4n) is 3.62. The predicted octanol–water partition coefficient (Wildman–Crippen LogP) is 5.01. The normalized spacial score (nSPS) is 17.0. The lowest BCUT2D eigenvalue weighted by atomic mass is 9.94. The Morgan fingerprint density at radius 2 is 1.16 bits per heavy atom.